The van der Waals surface area contributed by atoms with Gasteiger partial charge in [0.05, 0.1) is 6.07 Å². The van der Waals surface area contributed by atoms with E-state index in [1.54, 1.807) is 6.92 Å². The molecule has 0 bridgehead atoms. The second-order valence-electron chi connectivity index (χ2n) is 5.64. The average Bonchev–Trinajstić information content (AvgIpc) is 2.87. The number of rotatable bonds is 7. The van der Waals surface area contributed by atoms with Crippen molar-refractivity contribution in [3.05, 3.63) is 5.21 Å². The molecule has 1 saturated heterocycles. The number of hydrazine groups is 1. The van der Waals surface area contributed by atoms with Gasteiger partial charge in [0.15, 0.2) is 0 Å². The number of hydroxylamine groups is 1. The number of hydrogen-bond donors (Lipinski definition) is 1. The lowest BCUT2D eigenvalue weighted by molar-refractivity contribution is -0.206. The summed E-state index contributed by atoms with van der Waals surface area (Å²) in [5.74, 6) is -1.96. The number of halogens is 3. The second kappa shape index (κ2) is 8.87. The Morgan fingerprint density at radius 3 is 2.67 bits per heavy atom. The van der Waals surface area contributed by atoms with Gasteiger partial charge >= 0.3 is 12.1 Å². The van der Waals surface area contributed by atoms with Crippen LogP contribution in [0.15, 0.2) is 0 Å². The third-order valence-corrected chi connectivity index (χ3v) is 4.79. The van der Waals surface area contributed by atoms with Crippen LogP contribution in [0.25, 0.3) is 0 Å². The smallest absolute Gasteiger partial charge is 0.491 e. The summed E-state index contributed by atoms with van der Waals surface area (Å²) in [6.07, 6.45) is -5.09. The molecule has 1 aliphatic heterocycles. The summed E-state index contributed by atoms with van der Waals surface area (Å²) < 4.78 is 41.3. The van der Waals surface area contributed by atoms with E-state index >= 15 is 0 Å². The summed E-state index contributed by atoms with van der Waals surface area (Å²) in [5, 5.41) is 21.5. The van der Waals surface area contributed by atoms with Crippen LogP contribution in [0.5, 0.6) is 0 Å². The highest BCUT2D eigenvalue weighted by molar-refractivity contribution is 8.00. The quantitative estimate of drug-likeness (QED) is 0.535. The predicted octanol–water partition coefficient (Wildman–Crippen LogP) is 1.67. The number of nitriles is 1. The van der Waals surface area contributed by atoms with Crippen molar-refractivity contribution in [1.82, 2.24) is 15.5 Å². The molecule has 24 heavy (non-hydrogen) atoms. The van der Waals surface area contributed by atoms with Gasteiger partial charge in [0, 0.05) is 24.9 Å². The van der Waals surface area contributed by atoms with Gasteiger partial charge in [-0.3, -0.25) is 5.43 Å². The number of thioether (sulfide) groups is 1. The summed E-state index contributed by atoms with van der Waals surface area (Å²) in [7, 11) is 0. The molecule has 1 heterocycles. The number of nitrogens with zero attached hydrogens (tertiary/aromatic N) is 3. The molecule has 0 spiro atoms. The van der Waals surface area contributed by atoms with Crippen molar-refractivity contribution in [2.24, 2.45) is 5.92 Å². The first-order chi connectivity index (χ1) is 11.1. The summed E-state index contributed by atoms with van der Waals surface area (Å²) in [6, 6.07) is 0.970. The molecule has 0 amide bonds. The van der Waals surface area contributed by atoms with Gasteiger partial charge in [-0.15, -0.1) is 0 Å². The maximum absolute atomic E-state index is 12.3. The zero-order chi connectivity index (χ0) is 18.5. The van der Waals surface area contributed by atoms with E-state index in [1.807, 2.05) is 19.9 Å². The number of carbonyl (C=O) groups excluding carboxylic acids is 1. The number of esters is 1. The molecule has 0 saturated carbocycles. The van der Waals surface area contributed by atoms with Gasteiger partial charge in [-0.05, 0) is 12.8 Å². The molecule has 138 valence electrons. The minimum Gasteiger partial charge on any atom is -0.771 e. The number of hydrogen-bond acceptors (Lipinski definition) is 8. The second-order valence-corrected chi connectivity index (χ2v) is 6.71. The van der Waals surface area contributed by atoms with Crippen LogP contribution in [0.4, 0.5) is 13.2 Å². The van der Waals surface area contributed by atoms with E-state index in [0.717, 1.165) is 11.8 Å². The van der Waals surface area contributed by atoms with Crippen LogP contribution in [0.3, 0.4) is 0 Å². The lowest BCUT2D eigenvalue weighted by Crippen LogP contribution is -2.48. The molecule has 1 rings (SSSR count). The Morgan fingerprint density at radius 2 is 2.17 bits per heavy atom. The van der Waals surface area contributed by atoms with Gasteiger partial charge in [0.25, 0.3) is 0 Å². The van der Waals surface area contributed by atoms with Crippen LogP contribution in [0.1, 0.15) is 20.8 Å². The van der Waals surface area contributed by atoms with Gasteiger partial charge in [-0.1, -0.05) is 25.6 Å². The van der Waals surface area contributed by atoms with Crippen LogP contribution < -0.4 is 5.43 Å². The third kappa shape index (κ3) is 5.78. The summed E-state index contributed by atoms with van der Waals surface area (Å²) in [4.78, 5) is 12.3. The van der Waals surface area contributed by atoms with Gasteiger partial charge in [-0.25, -0.2) is 9.69 Å². The molecule has 1 N–H and O–H groups in total. The molecule has 0 aromatic heterocycles. The van der Waals surface area contributed by atoms with E-state index in [0.29, 0.717) is 5.17 Å². The first-order valence-electron chi connectivity index (χ1n) is 7.32. The van der Waals surface area contributed by atoms with E-state index in [4.69, 9.17) is 5.26 Å². The molecule has 7 nitrogen and oxygen atoms in total. The van der Waals surface area contributed by atoms with Crippen molar-refractivity contribution in [1.29, 1.82) is 5.26 Å². The SMILES string of the molecule is CC(C)C(C)N([O-])NCCN1C(C#N)CSC1OC(=O)C(F)(F)F. The number of ether oxygens (including phenoxy) is 1. The molecule has 1 fully saturated rings. The Balaban J connectivity index is 2.58. The zero-order valence-corrected chi connectivity index (χ0v) is 14.4. The first kappa shape index (κ1) is 21.0. The van der Waals surface area contributed by atoms with E-state index in [2.05, 4.69) is 10.2 Å². The Kier molecular flexibility index (Phi) is 7.75. The summed E-state index contributed by atoms with van der Waals surface area (Å²) in [5.41, 5.74) is 1.39. The molecular weight excluding hydrogens is 349 g/mol. The number of nitrogens with one attached hydrogen (secondary N) is 1. The number of carbonyl (C=O) groups is 1. The highest BCUT2D eigenvalue weighted by atomic mass is 32.2. The largest absolute Gasteiger partial charge is 0.771 e. The highest BCUT2D eigenvalue weighted by Gasteiger charge is 2.45. The maximum Gasteiger partial charge on any atom is 0.491 e. The highest BCUT2D eigenvalue weighted by Crippen LogP contribution is 2.31. The van der Waals surface area contributed by atoms with E-state index in [1.165, 1.54) is 4.90 Å². The fourth-order valence-electron chi connectivity index (χ4n) is 1.85. The fourth-order valence-corrected chi connectivity index (χ4v) is 3.06. The normalized spacial score (nSPS) is 23.5. The predicted molar refractivity (Wildman–Crippen MR) is 82.0 cm³/mol. The molecule has 0 aromatic carbocycles. The van der Waals surface area contributed by atoms with Gasteiger partial charge in [0.1, 0.15) is 6.04 Å². The zero-order valence-electron chi connectivity index (χ0n) is 13.5. The molecule has 0 aromatic rings. The molecular formula is C13H20F3N4O3S-. The van der Waals surface area contributed by atoms with Gasteiger partial charge in [-0.2, -0.15) is 18.4 Å². The Hall–Kier alpha value is -1.06. The third-order valence-electron chi connectivity index (χ3n) is 3.63. The molecule has 1 aliphatic rings. The Morgan fingerprint density at radius 1 is 1.54 bits per heavy atom. The lowest BCUT2D eigenvalue weighted by atomic mass is 10.1. The standard InChI is InChI=1S/C13H20F3N4O3S/c1-8(2)9(3)20(22)18-4-5-19-10(6-17)7-24-12(19)23-11(21)13(14,15)16/h8-10,12,18H,4-5,7H2,1-3H3/q-1. The van der Waals surface area contributed by atoms with Crippen molar-refractivity contribution in [3.8, 4) is 6.07 Å². The monoisotopic (exact) mass is 369 g/mol. The Labute approximate surface area is 142 Å². The van der Waals surface area contributed by atoms with Crippen LogP contribution in [-0.4, -0.2) is 58.7 Å². The van der Waals surface area contributed by atoms with E-state index < -0.39 is 23.7 Å². The fraction of sp³-hybridized carbons (Fsp3) is 0.846. The van der Waals surface area contributed by atoms with Crippen molar-refractivity contribution in [2.75, 3.05) is 18.8 Å². The van der Waals surface area contributed by atoms with Gasteiger partial charge in [0.2, 0.25) is 5.56 Å². The lowest BCUT2D eigenvalue weighted by Gasteiger charge is -2.38. The molecule has 11 heteroatoms. The van der Waals surface area contributed by atoms with Crippen molar-refractivity contribution in [2.45, 2.75) is 44.6 Å². The average molecular weight is 369 g/mol. The minimum absolute atomic E-state index is 0.0879. The molecule has 3 unspecified atom stereocenters. The van der Waals surface area contributed by atoms with Crippen molar-refractivity contribution < 1.29 is 22.7 Å². The maximum atomic E-state index is 12.3. The van der Waals surface area contributed by atoms with Crippen molar-refractivity contribution in [3.63, 3.8) is 0 Å². The van der Waals surface area contributed by atoms with Crippen LogP contribution in [-0.2, 0) is 9.53 Å². The summed E-state index contributed by atoms with van der Waals surface area (Å²) in [6.45, 7) is 5.70. The number of alkyl halides is 3. The molecule has 0 aliphatic carbocycles. The van der Waals surface area contributed by atoms with E-state index in [-0.39, 0.29) is 30.8 Å². The molecule has 0 radical (unpaired) electrons. The topological polar surface area (TPSA) is 91.7 Å². The van der Waals surface area contributed by atoms with Crippen LogP contribution >= 0.6 is 11.8 Å². The molecule has 3 atom stereocenters. The summed E-state index contributed by atoms with van der Waals surface area (Å²) >= 11 is 0.938. The van der Waals surface area contributed by atoms with Crippen LogP contribution in [0.2, 0.25) is 0 Å². The minimum atomic E-state index is -5.09. The van der Waals surface area contributed by atoms with Gasteiger partial charge < -0.3 is 15.1 Å². The van der Waals surface area contributed by atoms with E-state index in [9.17, 15) is 23.2 Å². The first-order valence-corrected chi connectivity index (χ1v) is 8.37. The van der Waals surface area contributed by atoms with Crippen molar-refractivity contribution >= 4 is 17.7 Å². The Bertz CT molecular complexity index is 472. The van der Waals surface area contributed by atoms with Crippen LogP contribution in [0, 0.1) is 22.5 Å².